The second-order valence-corrected chi connectivity index (χ2v) is 4.75. The number of aryl methyl sites for hydroxylation is 1. The topological polar surface area (TPSA) is 35.2 Å². The summed E-state index contributed by atoms with van der Waals surface area (Å²) in [5, 5.41) is 0. The van der Waals surface area contributed by atoms with E-state index in [2.05, 4.69) is 0 Å². The molecule has 0 saturated carbocycles. The van der Waals surface area contributed by atoms with Crippen LogP contribution in [0, 0.1) is 12.7 Å². The van der Waals surface area contributed by atoms with Crippen molar-refractivity contribution in [1.82, 2.24) is 0 Å². The number of hydrogen-bond acceptors (Lipinski definition) is 2. The van der Waals surface area contributed by atoms with Crippen LogP contribution in [0.1, 0.15) is 29.7 Å². The summed E-state index contributed by atoms with van der Waals surface area (Å²) < 4.78 is 18.9. The van der Waals surface area contributed by atoms with Crippen molar-refractivity contribution in [2.24, 2.45) is 5.73 Å². The lowest BCUT2D eigenvalue weighted by atomic mass is 10.1. The van der Waals surface area contributed by atoms with Crippen molar-refractivity contribution in [1.29, 1.82) is 0 Å². The standard InChI is InChI=1S/C16H18FNO/c1-11-6-7-15(12(2)18)16(8-11)19-10-13-4-3-5-14(17)9-13/h3-9,12H,10,18H2,1-2H3/t12-/m1/s1. The molecule has 2 N–H and O–H groups in total. The van der Waals surface area contributed by atoms with E-state index in [1.165, 1.54) is 12.1 Å². The van der Waals surface area contributed by atoms with Crippen LogP contribution in [0.5, 0.6) is 5.75 Å². The minimum Gasteiger partial charge on any atom is -0.489 e. The molecule has 0 unspecified atom stereocenters. The highest BCUT2D eigenvalue weighted by molar-refractivity contribution is 5.39. The van der Waals surface area contributed by atoms with Crippen molar-refractivity contribution in [3.05, 3.63) is 65.0 Å². The number of nitrogens with two attached hydrogens (primary N) is 1. The van der Waals surface area contributed by atoms with Crippen molar-refractivity contribution in [2.75, 3.05) is 0 Å². The van der Waals surface area contributed by atoms with Crippen LogP contribution in [0.15, 0.2) is 42.5 Å². The van der Waals surface area contributed by atoms with Gasteiger partial charge in [-0.15, -0.1) is 0 Å². The summed E-state index contributed by atoms with van der Waals surface area (Å²) in [7, 11) is 0. The predicted octanol–water partition coefficient (Wildman–Crippen LogP) is 3.73. The van der Waals surface area contributed by atoms with Crippen molar-refractivity contribution < 1.29 is 9.13 Å². The Morgan fingerprint density at radius 1 is 1.21 bits per heavy atom. The Kier molecular flexibility index (Phi) is 4.17. The third-order valence-corrected chi connectivity index (χ3v) is 2.94. The third-order valence-electron chi connectivity index (χ3n) is 2.94. The van der Waals surface area contributed by atoms with Crippen LogP contribution in [0.2, 0.25) is 0 Å². The van der Waals surface area contributed by atoms with Gasteiger partial charge < -0.3 is 10.5 Å². The molecular formula is C16H18FNO. The van der Waals surface area contributed by atoms with Crippen molar-refractivity contribution in [2.45, 2.75) is 26.5 Å². The summed E-state index contributed by atoms with van der Waals surface area (Å²) in [5.74, 6) is 0.511. The maximum atomic E-state index is 13.1. The highest BCUT2D eigenvalue weighted by Crippen LogP contribution is 2.26. The maximum absolute atomic E-state index is 13.1. The highest BCUT2D eigenvalue weighted by Gasteiger charge is 2.08. The summed E-state index contributed by atoms with van der Waals surface area (Å²) in [5.41, 5.74) is 8.79. The van der Waals surface area contributed by atoms with E-state index in [0.29, 0.717) is 6.61 Å². The molecule has 0 spiro atoms. The van der Waals surface area contributed by atoms with E-state index < -0.39 is 0 Å². The van der Waals surface area contributed by atoms with Crippen molar-refractivity contribution in [3.63, 3.8) is 0 Å². The maximum Gasteiger partial charge on any atom is 0.124 e. The molecule has 0 aliphatic carbocycles. The van der Waals surface area contributed by atoms with Crippen LogP contribution in [-0.2, 0) is 6.61 Å². The molecule has 0 bridgehead atoms. The van der Waals surface area contributed by atoms with E-state index in [4.69, 9.17) is 10.5 Å². The first kappa shape index (κ1) is 13.6. The Morgan fingerprint density at radius 2 is 2.00 bits per heavy atom. The molecule has 2 aromatic rings. The Bertz CT molecular complexity index is 566. The average molecular weight is 259 g/mol. The zero-order valence-corrected chi connectivity index (χ0v) is 11.2. The molecule has 100 valence electrons. The molecule has 0 aromatic heterocycles. The smallest absolute Gasteiger partial charge is 0.124 e. The van der Waals surface area contributed by atoms with Crippen molar-refractivity contribution >= 4 is 0 Å². The molecule has 2 aromatic carbocycles. The summed E-state index contributed by atoms with van der Waals surface area (Å²) in [6.45, 7) is 4.25. The molecule has 19 heavy (non-hydrogen) atoms. The Hall–Kier alpha value is -1.87. The first-order chi connectivity index (χ1) is 9.06. The molecule has 1 atom stereocenters. The van der Waals surface area contributed by atoms with Crippen LogP contribution in [0.3, 0.4) is 0 Å². The SMILES string of the molecule is Cc1ccc([C@@H](C)N)c(OCc2cccc(F)c2)c1. The first-order valence-corrected chi connectivity index (χ1v) is 6.29. The Labute approximate surface area is 113 Å². The summed E-state index contributed by atoms with van der Waals surface area (Å²) in [6, 6.07) is 12.3. The van der Waals surface area contributed by atoms with Crippen molar-refractivity contribution in [3.8, 4) is 5.75 Å². The molecule has 0 amide bonds. The zero-order valence-electron chi connectivity index (χ0n) is 11.2. The van der Waals surface area contributed by atoms with E-state index in [-0.39, 0.29) is 11.9 Å². The summed E-state index contributed by atoms with van der Waals surface area (Å²) >= 11 is 0. The fourth-order valence-electron chi connectivity index (χ4n) is 1.93. The number of hydrogen-bond donors (Lipinski definition) is 1. The van der Waals surface area contributed by atoms with Gasteiger partial charge >= 0.3 is 0 Å². The van der Waals surface area contributed by atoms with E-state index in [1.54, 1.807) is 6.07 Å². The molecule has 2 nitrogen and oxygen atoms in total. The molecule has 2 rings (SSSR count). The molecule has 3 heteroatoms. The largest absolute Gasteiger partial charge is 0.489 e. The van der Waals surface area contributed by atoms with E-state index in [0.717, 1.165) is 22.4 Å². The molecule has 0 fully saturated rings. The van der Waals surface area contributed by atoms with Gasteiger partial charge in [-0.25, -0.2) is 4.39 Å². The van der Waals surface area contributed by atoms with E-state index >= 15 is 0 Å². The van der Waals surface area contributed by atoms with Gasteiger partial charge in [-0.05, 0) is 43.2 Å². The lowest BCUT2D eigenvalue weighted by Crippen LogP contribution is -2.08. The van der Waals surface area contributed by atoms with Gasteiger partial charge in [0.2, 0.25) is 0 Å². The average Bonchev–Trinajstić information content (AvgIpc) is 2.36. The fourth-order valence-corrected chi connectivity index (χ4v) is 1.93. The van der Waals surface area contributed by atoms with Gasteiger partial charge in [0.15, 0.2) is 0 Å². The lowest BCUT2D eigenvalue weighted by molar-refractivity contribution is 0.300. The molecule has 0 aliphatic heterocycles. The van der Waals surface area contributed by atoms with Crippen LogP contribution in [0.25, 0.3) is 0 Å². The molecular weight excluding hydrogens is 241 g/mol. The lowest BCUT2D eigenvalue weighted by Gasteiger charge is -2.15. The number of halogens is 1. The van der Waals surface area contributed by atoms with Crippen LogP contribution in [-0.4, -0.2) is 0 Å². The zero-order chi connectivity index (χ0) is 13.8. The number of benzene rings is 2. The van der Waals surface area contributed by atoms with Gasteiger partial charge in [-0.1, -0.05) is 24.3 Å². The second kappa shape index (κ2) is 5.85. The van der Waals surface area contributed by atoms with Crippen LogP contribution in [0.4, 0.5) is 4.39 Å². The normalized spacial score (nSPS) is 12.2. The summed E-state index contributed by atoms with van der Waals surface area (Å²) in [6.07, 6.45) is 0. The number of ether oxygens (including phenoxy) is 1. The number of rotatable bonds is 4. The molecule has 0 radical (unpaired) electrons. The molecule has 0 aliphatic rings. The van der Waals surface area contributed by atoms with Gasteiger partial charge in [0.05, 0.1) is 0 Å². The van der Waals surface area contributed by atoms with E-state index in [9.17, 15) is 4.39 Å². The second-order valence-electron chi connectivity index (χ2n) is 4.75. The summed E-state index contributed by atoms with van der Waals surface area (Å²) in [4.78, 5) is 0. The predicted molar refractivity (Wildman–Crippen MR) is 74.5 cm³/mol. The monoisotopic (exact) mass is 259 g/mol. The minimum atomic E-state index is -0.252. The van der Waals surface area contributed by atoms with Gasteiger partial charge in [0.25, 0.3) is 0 Å². The third kappa shape index (κ3) is 3.55. The van der Waals surface area contributed by atoms with Gasteiger partial charge in [-0.2, -0.15) is 0 Å². The quantitative estimate of drug-likeness (QED) is 0.908. The fraction of sp³-hybridized carbons (Fsp3) is 0.250. The van der Waals surface area contributed by atoms with Crippen LogP contribution >= 0.6 is 0 Å². The minimum absolute atomic E-state index is 0.0943. The highest BCUT2D eigenvalue weighted by atomic mass is 19.1. The van der Waals surface area contributed by atoms with Crippen LogP contribution < -0.4 is 10.5 Å². The van der Waals surface area contributed by atoms with Gasteiger partial charge in [0, 0.05) is 11.6 Å². The van der Waals surface area contributed by atoms with Gasteiger partial charge in [0.1, 0.15) is 18.2 Å². The Balaban J connectivity index is 2.17. The molecule has 0 heterocycles. The molecule has 0 saturated heterocycles. The van der Waals surface area contributed by atoms with E-state index in [1.807, 2.05) is 38.1 Å². The first-order valence-electron chi connectivity index (χ1n) is 6.29. The van der Waals surface area contributed by atoms with Gasteiger partial charge in [-0.3, -0.25) is 0 Å². The Morgan fingerprint density at radius 3 is 2.68 bits per heavy atom.